The predicted molar refractivity (Wildman–Crippen MR) is 89.5 cm³/mol. The number of nitrogens with one attached hydrogen (secondary N) is 2. The van der Waals surface area contributed by atoms with Crippen LogP contribution >= 0.6 is 0 Å². The Morgan fingerprint density at radius 1 is 1.32 bits per heavy atom. The predicted octanol–water partition coefficient (Wildman–Crippen LogP) is 2.19. The number of benzene rings is 1. The van der Waals surface area contributed by atoms with Crippen LogP contribution < -0.4 is 15.4 Å². The van der Waals surface area contributed by atoms with Crippen molar-refractivity contribution in [1.82, 2.24) is 10.6 Å². The SMILES string of the molecule is CN=C(NCCCOc1ccccc1)NCC1(C)CCCO1. The van der Waals surface area contributed by atoms with Crippen LogP contribution in [0.5, 0.6) is 5.75 Å². The number of aliphatic imine (C=N–C) groups is 1. The lowest BCUT2D eigenvalue weighted by Gasteiger charge is -2.24. The first kappa shape index (κ1) is 16.6. The highest BCUT2D eigenvalue weighted by atomic mass is 16.5. The quantitative estimate of drug-likeness (QED) is 0.461. The number of nitrogens with zero attached hydrogens (tertiary/aromatic N) is 1. The van der Waals surface area contributed by atoms with E-state index in [0.29, 0.717) is 6.61 Å². The molecule has 1 aliphatic rings. The third-order valence-corrected chi connectivity index (χ3v) is 3.78. The van der Waals surface area contributed by atoms with Gasteiger partial charge in [-0.1, -0.05) is 18.2 Å². The van der Waals surface area contributed by atoms with E-state index in [1.165, 1.54) is 0 Å². The fraction of sp³-hybridized carbons (Fsp3) is 0.588. The van der Waals surface area contributed by atoms with Crippen molar-refractivity contribution < 1.29 is 9.47 Å². The van der Waals surface area contributed by atoms with Crippen molar-refractivity contribution >= 4 is 5.96 Å². The second-order valence-corrected chi connectivity index (χ2v) is 5.77. The Hall–Kier alpha value is -1.75. The summed E-state index contributed by atoms with van der Waals surface area (Å²) in [7, 11) is 1.79. The highest BCUT2D eigenvalue weighted by Gasteiger charge is 2.29. The Morgan fingerprint density at radius 3 is 2.82 bits per heavy atom. The molecule has 0 amide bonds. The monoisotopic (exact) mass is 305 g/mol. The van der Waals surface area contributed by atoms with Crippen LogP contribution in [-0.4, -0.2) is 44.9 Å². The summed E-state index contributed by atoms with van der Waals surface area (Å²) in [5.41, 5.74) is -0.0615. The Balaban J connectivity index is 1.58. The molecule has 1 unspecified atom stereocenters. The molecule has 0 radical (unpaired) electrons. The summed E-state index contributed by atoms with van der Waals surface area (Å²) in [6, 6.07) is 9.88. The molecule has 1 atom stereocenters. The molecule has 0 spiro atoms. The molecule has 2 rings (SSSR count). The van der Waals surface area contributed by atoms with E-state index in [4.69, 9.17) is 9.47 Å². The number of rotatable bonds is 7. The molecule has 1 heterocycles. The summed E-state index contributed by atoms with van der Waals surface area (Å²) in [5.74, 6) is 1.73. The van der Waals surface area contributed by atoms with Crippen LogP contribution in [0.3, 0.4) is 0 Å². The van der Waals surface area contributed by atoms with E-state index < -0.39 is 0 Å². The van der Waals surface area contributed by atoms with Crippen LogP contribution in [0.15, 0.2) is 35.3 Å². The van der Waals surface area contributed by atoms with Gasteiger partial charge in [0.15, 0.2) is 5.96 Å². The molecule has 0 saturated carbocycles. The Bertz CT molecular complexity index is 456. The maximum atomic E-state index is 5.76. The third-order valence-electron chi connectivity index (χ3n) is 3.78. The lowest BCUT2D eigenvalue weighted by molar-refractivity contribution is 0.0243. The van der Waals surface area contributed by atoms with E-state index in [1.807, 2.05) is 30.3 Å². The Kier molecular flexibility index (Phi) is 6.52. The van der Waals surface area contributed by atoms with E-state index >= 15 is 0 Å². The Morgan fingerprint density at radius 2 is 2.14 bits per heavy atom. The summed E-state index contributed by atoms with van der Waals surface area (Å²) >= 11 is 0. The van der Waals surface area contributed by atoms with Crippen molar-refractivity contribution in [3.05, 3.63) is 30.3 Å². The van der Waals surface area contributed by atoms with Crippen LogP contribution in [0, 0.1) is 0 Å². The van der Waals surface area contributed by atoms with Crippen LogP contribution in [0.4, 0.5) is 0 Å². The molecule has 0 aromatic heterocycles. The molecule has 5 heteroatoms. The van der Waals surface area contributed by atoms with Crippen molar-refractivity contribution in [3.8, 4) is 5.75 Å². The highest BCUT2D eigenvalue weighted by molar-refractivity contribution is 5.79. The molecular formula is C17H27N3O2. The zero-order chi connectivity index (χ0) is 15.7. The van der Waals surface area contributed by atoms with Crippen molar-refractivity contribution in [2.75, 3.05) is 33.4 Å². The van der Waals surface area contributed by atoms with E-state index in [-0.39, 0.29) is 5.60 Å². The van der Waals surface area contributed by atoms with Crippen LogP contribution in [0.1, 0.15) is 26.2 Å². The fourth-order valence-electron chi connectivity index (χ4n) is 2.45. The minimum atomic E-state index is -0.0615. The maximum absolute atomic E-state index is 5.76. The molecule has 0 aliphatic carbocycles. The van der Waals surface area contributed by atoms with Crippen molar-refractivity contribution in [3.63, 3.8) is 0 Å². The number of hydrogen-bond acceptors (Lipinski definition) is 3. The average Bonchev–Trinajstić information content (AvgIpc) is 2.98. The molecule has 1 fully saturated rings. The molecule has 22 heavy (non-hydrogen) atoms. The van der Waals surface area contributed by atoms with Gasteiger partial charge in [-0.25, -0.2) is 0 Å². The fourth-order valence-corrected chi connectivity index (χ4v) is 2.45. The van der Waals surface area contributed by atoms with Crippen LogP contribution in [0.25, 0.3) is 0 Å². The van der Waals surface area contributed by atoms with Gasteiger partial charge in [-0.15, -0.1) is 0 Å². The standard InChI is InChI=1S/C17H27N3O2/c1-17(10-6-13-22-17)14-20-16(18-2)19-11-7-12-21-15-8-4-3-5-9-15/h3-5,8-9H,6-7,10-14H2,1-2H3,(H2,18,19,20). The van der Waals surface area contributed by atoms with Gasteiger partial charge < -0.3 is 20.1 Å². The number of guanidine groups is 1. The van der Waals surface area contributed by atoms with Crippen molar-refractivity contribution in [2.45, 2.75) is 31.8 Å². The summed E-state index contributed by atoms with van der Waals surface area (Å²) in [4.78, 5) is 4.23. The lowest BCUT2D eigenvalue weighted by atomic mass is 10.0. The lowest BCUT2D eigenvalue weighted by Crippen LogP contribution is -2.45. The minimum Gasteiger partial charge on any atom is -0.494 e. The minimum absolute atomic E-state index is 0.0615. The van der Waals surface area contributed by atoms with Gasteiger partial charge in [0.2, 0.25) is 0 Å². The van der Waals surface area contributed by atoms with E-state index in [2.05, 4.69) is 22.5 Å². The molecule has 1 aromatic rings. The molecule has 122 valence electrons. The van der Waals surface area contributed by atoms with E-state index in [9.17, 15) is 0 Å². The molecule has 0 bridgehead atoms. The first-order chi connectivity index (χ1) is 10.7. The van der Waals surface area contributed by atoms with Gasteiger partial charge in [0.1, 0.15) is 5.75 Å². The van der Waals surface area contributed by atoms with Gasteiger partial charge in [0.25, 0.3) is 0 Å². The van der Waals surface area contributed by atoms with Crippen molar-refractivity contribution in [2.24, 2.45) is 4.99 Å². The molecule has 1 saturated heterocycles. The van der Waals surface area contributed by atoms with Crippen molar-refractivity contribution in [1.29, 1.82) is 0 Å². The molecule has 5 nitrogen and oxygen atoms in total. The third kappa shape index (κ3) is 5.56. The normalized spacial score (nSPS) is 21.6. The van der Waals surface area contributed by atoms with E-state index in [0.717, 1.165) is 50.7 Å². The summed E-state index contributed by atoms with van der Waals surface area (Å²) in [6.07, 6.45) is 3.16. The van der Waals surface area contributed by atoms with Gasteiger partial charge in [-0.05, 0) is 38.3 Å². The average molecular weight is 305 g/mol. The summed E-state index contributed by atoms with van der Waals surface area (Å²) in [5, 5.41) is 6.63. The topological polar surface area (TPSA) is 54.9 Å². The number of hydrogen-bond donors (Lipinski definition) is 2. The van der Waals surface area contributed by atoms with E-state index in [1.54, 1.807) is 7.05 Å². The highest BCUT2D eigenvalue weighted by Crippen LogP contribution is 2.23. The largest absolute Gasteiger partial charge is 0.494 e. The van der Waals surface area contributed by atoms with Gasteiger partial charge in [0.05, 0.1) is 12.2 Å². The zero-order valence-corrected chi connectivity index (χ0v) is 13.6. The zero-order valence-electron chi connectivity index (χ0n) is 13.6. The first-order valence-corrected chi connectivity index (χ1v) is 7.98. The van der Waals surface area contributed by atoms with Gasteiger partial charge in [0, 0.05) is 26.7 Å². The van der Waals surface area contributed by atoms with Gasteiger partial charge >= 0.3 is 0 Å². The number of ether oxygens (including phenoxy) is 2. The molecule has 2 N–H and O–H groups in total. The summed E-state index contributed by atoms with van der Waals surface area (Å²) in [6.45, 7) is 5.31. The maximum Gasteiger partial charge on any atom is 0.191 e. The molecule has 1 aliphatic heterocycles. The van der Waals surface area contributed by atoms with Crippen LogP contribution in [-0.2, 0) is 4.74 Å². The second kappa shape index (κ2) is 8.63. The van der Waals surface area contributed by atoms with Gasteiger partial charge in [-0.2, -0.15) is 0 Å². The van der Waals surface area contributed by atoms with Crippen LogP contribution in [0.2, 0.25) is 0 Å². The first-order valence-electron chi connectivity index (χ1n) is 7.98. The molecule has 1 aromatic carbocycles. The number of para-hydroxylation sites is 1. The Labute approximate surface area is 133 Å². The summed E-state index contributed by atoms with van der Waals surface area (Å²) < 4.78 is 11.4. The smallest absolute Gasteiger partial charge is 0.191 e. The second-order valence-electron chi connectivity index (χ2n) is 5.77. The molecular weight excluding hydrogens is 278 g/mol. The van der Waals surface area contributed by atoms with Gasteiger partial charge in [-0.3, -0.25) is 4.99 Å².